The molecule has 0 aliphatic heterocycles. The van der Waals surface area contributed by atoms with Crippen LogP contribution in [0.4, 0.5) is 4.39 Å². The molecular weight excluding hydrogens is 217 g/mol. The van der Waals surface area contributed by atoms with Gasteiger partial charge in [-0.25, -0.2) is 4.39 Å². The number of rotatable bonds is 4. The maximum Gasteiger partial charge on any atom is 0.126 e. The molecule has 3 N–H and O–H groups in total. The fourth-order valence-corrected chi connectivity index (χ4v) is 3.16. The third-order valence-electron chi connectivity index (χ3n) is 4.17. The van der Waals surface area contributed by atoms with Crippen LogP contribution in [-0.4, -0.2) is 18.3 Å². The number of nitrogens with two attached hydrogens (primary N) is 1. The van der Waals surface area contributed by atoms with Crippen LogP contribution in [0.2, 0.25) is 0 Å². The molecule has 0 amide bonds. The predicted octanol–water partition coefficient (Wildman–Crippen LogP) is 2.42. The lowest BCUT2D eigenvalue weighted by molar-refractivity contribution is 0.101. The molecule has 0 radical (unpaired) electrons. The fourth-order valence-electron chi connectivity index (χ4n) is 3.16. The summed E-state index contributed by atoms with van der Waals surface area (Å²) in [5.74, 6) is -0.279. The second-order valence-electron chi connectivity index (χ2n) is 5.04. The summed E-state index contributed by atoms with van der Waals surface area (Å²) in [5, 5.41) is 9.69. The van der Waals surface area contributed by atoms with Crippen molar-refractivity contribution < 1.29 is 9.50 Å². The number of halogens is 1. The highest BCUT2D eigenvalue weighted by Gasteiger charge is 2.41. The van der Waals surface area contributed by atoms with Crippen LogP contribution in [0.1, 0.15) is 37.2 Å². The molecule has 0 unspecified atom stereocenters. The Balaban J connectivity index is 2.36. The highest BCUT2D eigenvalue weighted by atomic mass is 19.1. The smallest absolute Gasteiger partial charge is 0.126 e. The number of benzene rings is 1. The molecular formula is C14H20FNO. The minimum Gasteiger partial charge on any atom is -0.396 e. The van der Waals surface area contributed by atoms with E-state index in [1.165, 1.54) is 6.07 Å². The molecule has 1 atom stereocenters. The maximum atomic E-state index is 13.8. The van der Waals surface area contributed by atoms with E-state index in [1.54, 1.807) is 12.1 Å². The summed E-state index contributed by atoms with van der Waals surface area (Å²) >= 11 is 0. The first-order valence-electron chi connectivity index (χ1n) is 6.29. The van der Waals surface area contributed by atoms with Gasteiger partial charge < -0.3 is 10.8 Å². The van der Waals surface area contributed by atoms with Gasteiger partial charge in [0.1, 0.15) is 5.82 Å². The van der Waals surface area contributed by atoms with Crippen LogP contribution >= 0.6 is 0 Å². The van der Waals surface area contributed by atoms with Gasteiger partial charge in [-0.1, -0.05) is 31.0 Å². The molecule has 2 nitrogen and oxygen atoms in total. The van der Waals surface area contributed by atoms with Gasteiger partial charge in [0, 0.05) is 17.9 Å². The molecule has 0 heterocycles. The molecule has 1 aliphatic carbocycles. The largest absolute Gasteiger partial charge is 0.396 e. The Bertz CT molecular complexity index is 374. The van der Waals surface area contributed by atoms with E-state index in [2.05, 4.69) is 0 Å². The van der Waals surface area contributed by atoms with Crippen LogP contribution < -0.4 is 5.73 Å². The number of aliphatic hydroxyl groups is 1. The summed E-state index contributed by atoms with van der Waals surface area (Å²) in [6.45, 7) is 0.491. The Kier molecular flexibility index (Phi) is 3.79. The Hall–Kier alpha value is -0.930. The normalized spacial score (nSPS) is 20.4. The van der Waals surface area contributed by atoms with Crippen molar-refractivity contribution in [2.75, 3.05) is 13.2 Å². The monoisotopic (exact) mass is 237 g/mol. The molecule has 1 aromatic rings. The van der Waals surface area contributed by atoms with E-state index < -0.39 is 0 Å². The van der Waals surface area contributed by atoms with Gasteiger partial charge in [-0.15, -0.1) is 0 Å². The molecule has 3 heteroatoms. The second-order valence-corrected chi connectivity index (χ2v) is 5.04. The van der Waals surface area contributed by atoms with Crippen molar-refractivity contribution in [1.82, 2.24) is 0 Å². The topological polar surface area (TPSA) is 46.2 Å². The van der Waals surface area contributed by atoms with E-state index in [9.17, 15) is 9.50 Å². The highest BCUT2D eigenvalue weighted by Crippen LogP contribution is 2.48. The molecule has 0 aromatic heterocycles. The molecule has 94 valence electrons. The second kappa shape index (κ2) is 5.15. The Morgan fingerprint density at radius 3 is 2.47 bits per heavy atom. The van der Waals surface area contributed by atoms with Gasteiger partial charge in [0.15, 0.2) is 0 Å². The first-order valence-corrected chi connectivity index (χ1v) is 6.29. The van der Waals surface area contributed by atoms with E-state index in [1.807, 2.05) is 6.07 Å². The summed E-state index contributed by atoms with van der Waals surface area (Å²) < 4.78 is 13.8. The van der Waals surface area contributed by atoms with Gasteiger partial charge >= 0.3 is 0 Å². The molecule has 17 heavy (non-hydrogen) atoms. The van der Waals surface area contributed by atoms with Crippen LogP contribution in [-0.2, 0) is 0 Å². The van der Waals surface area contributed by atoms with Gasteiger partial charge in [-0.2, -0.15) is 0 Å². The SMILES string of the molecule is NC[C@@H](c1ccccc1F)C1(CO)CCCC1. The molecule has 1 aliphatic rings. The molecule has 1 aromatic carbocycles. The maximum absolute atomic E-state index is 13.8. The molecule has 2 rings (SSSR count). The fraction of sp³-hybridized carbons (Fsp3) is 0.571. The van der Waals surface area contributed by atoms with Crippen molar-refractivity contribution in [3.63, 3.8) is 0 Å². The zero-order valence-electron chi connectivity index (χ0n) is 10.0. The average Bonchev–Trinajstić information content (AvgIpc) is 2.82. The van der Waals surface area contributed by atoms with Crippen LogP contribution in [0.3, 0.4) is 0 Å². The summed E-state index contributed by atoms with van der Waals surface area (Å²) in [7, 11) is 0. The number of hydrogen-bond donors (Lipinski definition) is 2. The van der Waals surface area contributed by atoms with E-state index in [4.69, 9.17) is 5.73 Å². The molecule has 0 bridgehead atoms. The van der Waals surface area contributed by atoms with Crippen LogP contribution in [0.5, 0.6) is 0 Å². The van der Waals surface area contributed by atoms with Crippen molar-refractivity contribution in [1.29, 1.82) is 0 Å². The van der Waals surface area contributed by atoms with Crippen molar-refractivity contribution in [2.45, 2.75) is 31.6 Å². The van der Waals surface area contributed by atoms with Crippen LogP contribution in [0, 0.1) is 11.2 Å². The van der Waals surface area contributed by atoms with Crippen LogP contribution in [0.25, 0.3) is 0 Å². The molecule has 0 spiro atoms. The van der Waals surface area contributed by atoms with Crippen LogP contribution in [0.15, 0.2) is 24.3 Å². The lowest BCUT2D eigenvalue weighted by Crippen LogP contribution is -2.35. The summed E-state index contributed by atoms with van der Waals surface area (Å²) in [5.41, 5.74) is 6.28. The van der Waals surface area contributed by atoms with E-state index in [-0.39, 0.29) is 23.8 Å². The van der Waals surface area contributed by atoms with Crippen molar-refractivity contribution in [2.24, 2.45) is 11.1 Å². The summed E-state index contributed by atoms with van der Waals surface area (Å²) in [6, 6.07) is 6.79. The minimum atomic E-state index is -0.211. The average molecular weight is 237 g/mol. The first-order chi connectivity index (χ1) is 8.23. The lowest BCUT2D eigenvalue weighted by Gasteiger charge is -2.35. The van der Waals surface area contributed by atoms with Gasteiger partial charge in [0.2, 0.25) is 0 Å². The first kappa shape index (κ1) is 12.5. The van der Waals surface area contributed by atoms with E-state index >= 15 is 0 Å². The third kappa shape index (κ3) is 2.22. The quantitative estimate of drug-likeness (QED) is 0.844. The van der Waals surface area contributed by atoms with E-state index in [0.717, 1.165) is 25.7 Å². The van der Waals surface area contributed by atoms with Crippen molar-refractivity contribution in [3.8, 4) is 0 Å². The number of hydrogen-bond acceptors (Lipinski definition) is 2. The highest BCUT2D eigenvalue weighted by molar-refractivity contribution is 5.25. The van der Waals surface area contributed by atoms with Crippen molar-refractivity contribution >= 4 is 0 Å². The van der Waals surface area contributed by atoms with Crippen molar-refractivity contribution in [3.05, 3.63) is 35.6 Å². The zero-order valence-corrected chi connectivity index (χ0v) is 10.0. The van der Waals surface area contributed by atoms with E-state index in [0.29, 0.717) is 12.1 Å². The van der Waals surface area contributed by atoms with Gasteiger partial charge in [-0.05, 0) is 31.0 Å². The predicted molar refractivity (Wildman–Crippen MR) is 66.2 cm³/mol. The third-order valence-corrected chi connectivity index (χ3v) is 4.17. The Labute approximate surface area is 102 Å². The molecule has 1 fully saturated rings. The Morgan fingerprint density at radius 1 is 1.29 bits per heavy atom. The molecule has 1 saturated carbocycles. The molecule has 0 saturated heterocycles. The number of aliphatic hydroxyl groups excluding tert-OH is 1. The summed E-state index contributed by atoms with van der Waals surface area (Å²) in [4.78, 5) is 0. The van der Waals surface area contributed by atoms with Gasteiger partial charge in [-0.3, -0.25) is 0 Å². The zero-order chi connectivity index (χ0) is 12.3. The lowest BCUT2D eigenvalue weighted by atomic mass is 9.71. The van der Waals surface area contributed by atoms with Gasteiger partial charge in [0.05, 0.1) is 0 Å². The Morgan fingerprint density at radius 2 is 1.94 bits per heavy atom. The standard InChI is InChI=1S/C14H20FNO/c15-13-6-2-1-5-11(13)12(9-16)14(10-17)7-3-4-8-14/h1-2,5-6,12,17H,3-4,7-10,16H2/t12-/m0/s1. The summed E-state index contributed by atoms with van der Waals surface area (Å²) in [6.07, 6.45) is 4.09. The van der Waals surface area contributed by atoms with Gasteiger partial charge in [0.25, 0.3) is 0 Å². The minimum absolute atomic E-state index is 0.0730.